The fraction of sp³-hybridized carbons (Fsp3) is 0.538. The molecule has 3 nitrogen and oxygen atoms in total. The highest BCUT2D eigenvalue weighted by Gasteiger charge is 2.29. The third-order valence-corrected chi connectivity index (χ3v) is 4.08. The van der Waals surface area contributed by atoms with Crippen LogP contribution in [-0.4, -0.2) is 20.8 Å². The number of benzene rings is 1. The van der Waals surface area contributed by atoms with Gasteiger partial charge in [0.25, 0.3) is 0 Å². The predicted octanol–water partition coefficient (Wildman–Crippen LogP) is 3.44. The van der Waals surface area contributed by atoms with Gasteiger partial charge in [-0.05, 0) is 17.5 Å². The molecule has 1 aromatic carbocycles. The topological polar surface area (TPSA) is 43.4 Å². The van der Waals surface area contributed by atoms with E-state index in [1.165, 1.54) is 12.1 Å². The van der Waals surface area contributed by atoms with Gasteiger partial charge in [-0.3, -0.25) is 0 Å². The molecule has 0 fully saturated rings. The maximum absolute atomic E-state index is 13.4. The van der Waals surface area contributed by atoms with Gasteiger partial charge in [0.2, 0.25) is 9.05 Å². The lowest BCUT2D eigenvalue weighted by Crippen LogP contribution is -2.31. The van der Waals surface area contributed by atoms with Crippen molar-refractivity contribution < 1.29 is 17.5 Å². The summed E-state index contributed by atoms with van der Waals surface area (Å²) in [7, 11) is 1.67. The lowest BCUT2D eigenvalue weighted by atomic mass is 9.82. The molecule has 1 unspecified atom stereocenters. The van der Waals surface area contributed by atoms with E-state index < -0.39 is 14.9 Å². The molecule has 0 saturated heterocycles. The van der Waals surface area contributed by atoms with E-state index in [1.54, 1.807) is 12.1 Å². The average molecular weight is 309 g/mol. The predicted molar refractivity (Wildman–Crippen MR) is 74.5 cm³/mol. The zero-order valence-electron chi connectivity index (χ0n) is 11.2. The van der Waals surface area contributed by atoms with E-state index in [2.05, 4.69) is 0 Å². The average Bonchev–Trinajstić information content (AvgIpc) is 2.23. The molecule has 1 rings (SSSR count). The molecule has 0 N–H and O–H groups in total. The summed E-state index contributed by atoms with van der Waals surface area (Å²) in [6.45, 7) is 5.77. The number of para-hydroxylation sites is 1. The molecule has 108 valence electrons. The number of hydrogen-bond acceptors (Lipinski definition) is 3. The van der Waals surface area contributed by atoms with Gasteiger partial charge in [0.05, 0.1) is 12.4 Å². The smallest absolute Gasteiger partial charge is 0.233 e. The van der Waals surface area contributed by atoms with E-state index in [-0.39, 0.29) is 29.4 Å². The fourth-order valence-corrected chi connectivity index (χ4v) is 3.07. The Bertz CT molecular complexity index is 523. The molecule has 0 aliphatic carbocycles. The monoisotopic (exact) mass is 308 g/mol. The Morgan fingerprint density at radius 3 is 2.37 bits per heavy atom. The minimum Gasteiger partial charge on any atom is -0.490 e. The van der Waals surface area contributed by atoms with E-state index in [9.17, 15) is 12.8 Å². The molecule has 0 aromatic heterocycles. The highest BCUT2D eigenvalue weighted by atomic mass is 35.7. The SMILES string of the molecule is CC(C)(C)C(COc1ccccc1F)CS(=O)(=O)Cl. The third kappa shape index (κ3) is 5.78. The summed E-state index contributed by atoms with van der Waals surface area (Å²) in [6.07, 6.45) is 0. The summed E-state index contributed by atoms with van der Waals surface area (Å²) >= 11 is 0. The molecule has 0 aliphatic heterocycles. The molecule has 0 radical (unpaired) electrons. The van der Waals surface area contributed by atoms with Crippen LogP contribution >= 0.6 is 10.7 Å². The Morgan fingerprint density at radius 1 is 1.32 bits per heavy atom. The maximum Gasteiger partial charge on any atom is 0.233 e. The largest absolute Gasteiger partial charge is 0.490 e. The standard InChI is InChI=1S/C13H18ClFO3S/c1-13(2,3)10(9-19(14,16)17)8-18-12-7-5-4-6-11(12)15/h4-7,10H,8-9H2,1-3H3. The van der Waals surface area contributed by atoms with Gasteiger partial charge in [-0.25, -0.2) is 12.8 Å². The van der Waals surface area contributed by atoms with E-state index in [1.807, 2.05) is 20.8 Å². The minimum atomic E-state index is -3.62. The molecule has 0 heterocycles. The second-order valence-electron chi connectivity index (χ2n) is 5.51. The molecule has 0 amide bonds. The number of halogens is 2. The minimum absolute atomic E-state index is 0.0936. The molecular weight excluding hydrogens is 291 g/mol. The first-order chi connectivity index (χ1) is 8.59. The van der Waals surface area contributed by atoms with E-state index in [0.29, 0.717) is 0 Å². The van der Waals surface area contributed by atoms with Gasteiger partial charge < -0.3 is 4.74 Å². The Hall–Kier alpha value is -0.810. The van der Waals surface area contributed by atoms with Crippen molar-refractivity contribution in [2.45, 2.75) is 20.8 Å². The van der Waals surface area contributed by atoms with Crippen LogP contribution in [0.5, 0.6) is 5.75 Å². The number of ether oxygens (including phenoxy) is 1. The van der Waals surface area contributed by atoms with E-state index >= 15 is 0 Å². The summed E-state index contributed by atoms with van der Waals surface area (Å²) in [4.78, 5) is 0. The van der Waals surface area contributed by atoms with Crippen LogP contribution in [0.25, 0.3) is 0 Å². The summed E-state index contributed by atoms with van der Waals surface area (Å²) < 4.78 is 41.2. The second kappa shape index (κ2) is 6.09. The van der Waals surface area contributed by atoms with Gasteiger partial charge in [-0.15, -0.1) is 0 Å². The van der Waals surface area contributed by atoms with Crippen LogP contribution in [0, 0.1) is 17.2 Å². The van der Waals surface area contributed by atoms with E-state index in [4.69, 9.17) is 15.4 Å². The normalized spacial score (nSPS) is 14.2. The molecular formula is C13H18ClFO3S. The Morgan fingerprint density at radius 2 is 1.89 bits per heavy atom. The van der Waals surface area contributed by atoms with Crippen molar-refractivity contribution in [3.63, 3.8) is 0 Å². The molecule has 1 atom stereocenters. The van der Waals surface area contributed by atoms with Crippen molar-refractivity contribution in [2.24, 2.45) is 11.3 Å². The first-order valence-electron chi connectivity index (χ1n) is 5.89. The second-order valence-corrected chi connectivity index (χ2v) is 8.33. The van der Waals surface area contributed by atoms with Crippen molar-refractivity contribution in [2.75, 3.05) is 12.4 Å². The highest BCUT2D eigenvalue weighted by molar-refractivity contribution is 8.13. The van der Waals surface area contributed by atoms with E-state index in [0.717, 1.165) is 0 Å². The van der Waals surface area contributed by atoms with Crippen molar-refractivity contribution in [1.29, 1.82) is 0 Å². The Kier molecular flexibility index (Phi) is 5.21. The van der Waals surface area contributed by atoms with Crippen molar-refractivity contribution in [3.05, 3.63) is 30.1 Å². The molecule has 0 aliphatic rings. The summed E-state index contributed by atoms with van der Waals surface area (Å²) in [5, 5.41) is 0. The Balaban J connectivity index is 2.77. The molecule has 0 spiro atoms. The van der Waals surface area contributed by atoms with Crippen LogP contribution in [0.3, 0.4) is 0 Å². The van der Waals surface area contributed by atoms with Gasteiger partial charge >= 0.3 is 0 Å². The summed E-state index contributed by atoms with van der Waals surface area (Å²) in [6, 6.07) is 6.01. The van der Waals surface area contributed by atoms with Crippen LogP contribution in [0.1, 0.15) is 20.8 Å². The van der Waals surface area contributed by atoms with Crippen LogP contribution in [0.4, 0.5) is 4.39 Å². The van der Waals surface area contributed by atoms with Crippen LogP contribution in [0.15, 0.2) is 24.3 Å². The van der Waals surface area contributed by atoms with Crippen LogP contribution < -0.4 is 4.74 Å². The van der Waals surface area contributed by atoms with Gasteiger partial charge in [-0.2, -0.15) is 0 Å². The maximum atomic E-state index is 13.4. The van der Waals surface area contributed by atoms with Crippen LogP contribution in [0.2, 0.25) is 0 Å². The van der Waals surface area contributed by atoms with Crippen molar-refractivity contribution in [1.82, 2.24) is 0 Å². The number of rotatable bonds is 5. The molecule has 1 aromatic rings. The highest BCUT2D eigenvalue weighted by Crippen LogP contribution is 2.29. The van der Waals surface area contributed by atoms with Gasteiger partial charge in [0.1, 0.15) is 0 Å². The Labute approximate surface area is 118 Å². The van der Waals surface area contributed by atoms with Gasteiger partial charge in [0.15, 0.2) is 11.6 Å². The third-order valence-electron chi connectivity index (χ3n) is 2.90. The summed E-state index contributed by atoms with van der Waals surface area (Å²) in [5.74, 6) is -0.880. The van der Waals surface area contributed by atoms with Crippen LogP contribution in [-0.2, 0) is 9.05 Å². The summed E-state index contributed by atoms with van der Waals surface area (Å²) in [5.41, 5.74) is -0.312. The first kappa shape index (κ1) is 16.2. The fourth-order valence-electron chi connectivity index (χ4n) is 1.54. The van der Waals surface area contributed by atoms with Crippen molar-refractivity contribution in [3.8, 4) is 5.75 Å². The molecule has 0 saturated carbocycles. The first-order valence-corrected chi connectivity index (χ1v) is 8.37. The lowest BCUT2D eigenvalue weighted by molar-refractivity contribution is 0.159. The van der Waals surface area contributed by atoms with Crippen molar-refractivity contribution >= 4 is 19.7 Å². The van der Waals surface area contributed by atoms with Gasteiger partial charge in [-0.1, -0.05) is 32.9 Å². The number of hydrogen-bond donors (Lipinski definition) is 0. The molecule has 0 bridgehead atoms. The molecule has 19 heavy (non-hydrogen) atoms. The zero-order chi connectivity index (χ0) is 14.7. The van der Waals surface area contributed by atoms with Gasteiger partial charge in [0, 0.05) is 16.6 Å². The lowest BCUT2D eigenvalue weighted by Gasteiger charge is -2.29. The quantitative estimate of drug-likeness (QED) is 0.783. The zero-order valence-corrected chi connectivity index (χ0v) is 12.8. The molecule has 6 heteroatoms.